The summed E-state index contributed by atoms with van der Waals surface area (Å²) in [6.45, 7) is 4.36. The van der Waals surface area contributed by atoms with Crippen LogP contribution in [0.5, 0.6) is 5.75 Å². The summed E-state index contributed by atoms with van der Waals surface area (Å²) >= 11 is 0. The molecule has 0 bridgehead atoms. The zero-order valence-electron chi connectivity index (χ0n) is 10.9. The van der Waals surface area contributed by atoms with E-state index >= 15 is 0 Å². The minimum Gasteiger partial charge on any atom is -0.494 e. The molecule has 0 N–H and O–H groups in total. The molecule has 0 saturated heterocycles. The molecule has 0 amide bonds. The first-order valence-electron chi connectivity index (χ1n) is 6.43. The third kappa shape index (κ3) is 6.10. The highest BCUT2D eigenvalue weighted by molar-refractivity contribution is 5.75. The fourth-order valence-corrected chi connectivity index (χ4v) is 1.80. The average molecular weight is 234 g/mol. The van der Waals surface area contributed by atoms with Crippen molar-refractivity contribution in [1.82, 2.24) is 0 Å². The van der Waals surface area contributed by atoms with Gasteiger partial charge in [-0.2, -0.15) is 0 Å². The lowest BCUT2D eigenvalue weighted by molar-refractivity contribution is -0.117. The first-order valence-corrected chi connectivity index (χ1v) is 6.43. The first kappa shape index (κ1) is 13.8. The van der Waals surface area contributed by atoms with Crippen molar-refractivity contribution < 1.29 is 9.53 Å². The molecule has 0 heterocycles. The molecule has 1 aromatic carbocycles. The lowest BCUT2D eigenvalue weighted by atomic mass is 10.1. The number of aryl methyl sites for hydroxylation is 1. The van der Waals surface area contributed by atoms with Crippen LogP contribution in [0.25, 0.3) is 0 Å². The smallest absolute Gasteiger partial charge is 0.129 e. The third-order valence-corrected chi connectivity index (χ3v) is 2.73. The van der Waals surface area contributed by atoms with Gasteiger partial charge in [-0.15, -0.1) is 0 Å². The second kappa shape index (κ2) is 7.88. The molecular weight excluding hydrogens is 212 g/mol. The summed E-state index contributed by atoms with van der Waals surface area (Å²) in [5.74, 6) is 1.24. The lowest BCUT2D eigenvalue weighted by Gasteiger charge is -2.05. The van der Waals surface area contributed by atoms with Gasteiger partial charge in [-0.1, -0.05) is 18.6 Å². The minimum atomic E-state index is 0.297. The van der Waals surface area contributed by atoms with Gasteiger partial charge in [-0.05, 0) is 50.8 Å². The van der Waals surface area contributed by atoms with Gasteiger partial charge in [-0.3, -0.25) is 0 Å². The van der Waals surface area contributed by atoms with E-state index < -0.39 is 0 Å². The van der Waals surface area contributed by atoms with Gasteiger partial charge in [0.2, 0.25) is 0 Å². The number of hydrogen-bond acceptors (Lipinski definition) is 2. The number of Topliss-reactive ketones (excluding diaryl/α,β-unsaturated/α-hetero) is 1. The molecule has 0 unspecified atom stereocenters. The zero-order valence-corrected chi connectivity index (χ0v) is 10.9. The van der Waals surface area contributed by atoms with Crippen molar-refractivity contribution >= 4 is 5.78 Å². The molecule has 0 saturated carbocycles. The molecule has 94 valence electrons. The van der Waals surface area contributed by atoms with Crippen molar-refractivity contribution in [3.8, 4) is 5.75 Å². The number of rotatable bonds is 8. The largest absolute Gasteiger partial charge is 0.494 e. The fraction of sp³-hybridized carbons (Fsp3) is 0.533. The van der Waals surface area contributed by atoms with Gasteiger partial charge in [0, 0.05) is 6.42 Å². The van der Waals surface area contributed by atoms with Gasteiger partial charge < -0.3 is 9.53 Å². The Kier molecular flexibility index (Phi) is 6.38. The Morgan fingerprint density at radius 2 is 1.82 bits per heavy atom. The fourth-order valence-electron chi connectivity index (χ4n) is 1.80. The Balaban J connectivity index is 2.20. The third-order valence-electron chi connectivity index (χ3n) is 2.73. The van der Waals surface area contributed by atoms with Crippen molar-refractivity contribution in [3.05, 3.63) is 29.8 Å². The number of ketones is 1. The molecular formula is C15H22O2. The molecule has 0 aliphatic heterocycles. The van der Waals surface area contributed by atoms with Crippen LogP contribution in [0.2, 0.25) is 0 Å². The van der Waals surface area contributed by atoms with Gasteiger partial charge in [-0.25, -0.2) is 0 Å². The summed E-state index contributed by atoms with van der Waals surface area (Å²) in [7, 11) is 0. The Morgan fingerprint density at radius 1 is 1.12 bits per heavy atom. The molecule has 1 aromatic rings. The van der Waals surface area contributed by atoms with Crippen molar-refractivity contribution in [2.45, 2.75) is 46.0 Å². The standard InChI is InChI=1S/C15H22O2/c1-3-17-15-11-9-14(10-12-15)8-6-4-5-7-13(2)16/h9-12H,3-8H2,1-2H3. The van der Waals surface area contributed by atoms with Gasteiger partial charge in [0.05, 0.1) is 6.61 Å². The first-order chi connectivity index (χ1) is 8.22. The molecule has 0 spiro atoms. The van der Waals surface area contributed by atoms with E-state index in [-0.39, 0.29) is 0 Å². The second-order valence-corrected chi connectivity index (χ2v) is 4.34. The van der Waals surface area contributed by atoms with Crippen LogP contribution < -0.4 is 4.74 Å². The highest BCUT2D eigenvalue weighted by Crippen LogP contribution is 2.14. The number of carbonyl (C=O) groups excluding carboxylic acids is 1. The monoisotopic (exact) mass is 234 g/mol. The lowest BCUT2D eigenvalue weighted by Crippen LogP contribution is -1.93. The highest BCUT2D eigenvalue weighted by atomic mass is 16.5. The quantitative estimate of drug-likeness (QED) is 0.640. The van der Waals surface area contributed by atoms with E-state index in [2.05, 4.69) is 12.1 Å². The maximum absolute atomic E-state index is 10.8. The molecule has 0 aliphatic rings. The number of hydrogen-bond donors (Lipinski definition) is 0. The molecule has 0 atom stereocenters. The van der Waals surface area contributed by atoms with Crippen LogP contribution >= 0.6 is 0 Å². The molecule has 2 nitrogen and oxygen atoms in total. The predicted molar refractivity (Wildman–Crippen MR) is 70.5 cm³/mol. The summed E-state index contributed by atoms with van der Waals surface area (Å²) in [6, 6.07) is 8.29. The topological polar surface area (TPSA) is 26.3 Å². The molecule has 17 heavy (non-hydrogen) atoms. The Bertz CT molecular complexity index is 327. The number of ether oxygens (including phenoxy) is 1. The van der Waals surface area contributed by atoms with E-state index in [1.807, 2.05) is 19.1 Å². The number of benzene rings is 1. The summed E-state index contributed by atoms with van der Waals surface area (Å²) in [5, 5.41) is 0. The van der Waals surface area contributed by atoms with Crippen LogP contribution in [0, 0.1) is 0 Å². The molecule has 0 aromatic heterocycles. The van der Waals surface area contributed by atoms with E-state index in [0.717, 1.165) is 37.9 Å². The van der Waals surface area contributed by atoms with Crippen LogP contribution in [0.4, 0.5) is 0 Å². The summed E-state index contributed by atoms with van der Waals surface area (Å²) < 4.78 is 5.39. The van der Waals surface area contributed by atoms with E-state index in [0.29, 0.717) is 12.4 Å². The van der Waals surface area contributed by atoms with E-state index in [1.54, 1.807) is 6.92 Å². The van der Waals surface area contributed by atoms with E-state index in [9.17, 15) is 4.79 Å². The van der Waals surface area contributed by atoms with Crippen LogP contribution in [0.1, 0.15) is 45.1 Å². The molecule has 1 rings (SSSR count). The normalized spacial score (nSPS) is 10.2. The second-order valence-electron chi connectivity index (χ2n) is 4.34. The number of unbranched alkanes of at least 4 members (excludes halogenated alkanes) is 2. The average Bonchev–Trinajstić information content (AvgIpc) is 2.31. The Morgan fingerprint density at radius 3 is 2.41 bits per heavy atom. The van der Waals surface area contributed by atoms with Gasteiger partial charge in [0.25, 0.3) is 0 Å². The van der Waals surface area contributed by atoms with Gasteiger partial charge >= 0.3 is 0 Å². The summed E-state index contributed by atoms with van der Waals surface area (Å²) in [5.41, 5.74) is 1.34. The molecule has 0 radical (unpaired) electrons. The highest BCUT2D eigenvalue weighted by Gasteiger charge is 1.97. The van der Waals surface area contributed by atoms with Crippen molar-refractivity contribution in [2.75, 3.05) is 6.61 Å². The van der Waals surface area contributed by atoms with Crippen molar-refractivity contribution in [1.29, 1.82) is 0 Å². The van der Waals surface area contributed by atoms with Crippen LogP contribution in [0.15, 0.2) is 24.3 Å². The predicted octanol–water partition coefficient (Wildman–Crippen LogP) is 3.78. The van der Waals surface area contributed by atoms with Crippen molar-refractivity contribution in [2.24, 2.45) is 0 Å². The SMILES string of the molecule is CCOc1ccc(CCCCCC(C)=O)cc1. The van der Waals surface area contributed by atoms with E-state index in [4.69, 9.17) is 4.74 Å². The van der Waals surface area contributed by atoms with Crippen LogP contribution in [-0.2, 0) is 11.2 Å². The molecule has 0 fully saturated rings. The number of carbonyl (C=O) groups is 1. The zero-order chi connectivity index (χ0) is 12.5. The molecule has 2 heteroatoms. The summed E-state index contributed by atoms with van der Waals surface area (Å²) in [6.07, 6.45) is 5.12. The maximum atomic E-state index is 10.8. The molecule has 0 aliphatic carbocycles. The van der Waals surface area contributed by atoms with Crippen molar-refractivity contribution in [3.63, 3.8) is 0 Å². The van der Waals surface area contributed by atoms with Gasteiger partial charge in [0.1, 0.15) is 11.5 Å². The Labute approximate surface area is 104 Å². The maximum Gasteiger partial charge on any atom is 0.129 e. The van der Waals surface area contributed by atoms with Gasteiger partial charge in [0.15, 0.2) is 0 Å². The Hall–Kier alpha value is -1.31. The van der Waals surface area contributed by atoms with Crippen LogP contribution in [0.3, 0.4) is 0 Å². The van der Waals surface area contributed by atoms with E-state index in [1.165, 1.54) is 5.56 Å². The summed E-state index contributed by atoms with van der Waals surface area (Å²) in [4.78, 5) is 10.8. The minimum absolute atomic E-state index is 0.297. The van der Waals surface area contributed by atoms with Crippen LogP contribution in [-0.4, -0.2) is 12.4 Å².